The van der Waals surface area contributed by atoms with Crippen LogP contribution in [0, 0.1) is 0 Å². The quantitative estimate of drug-likeness (QED) is 0.763. The molecule has 1 fully saturated rings. The Morgan fingerprint density at radius 1 is 1.07 bits per heavy atom. The fourth-order valence-corrected chi connectivity index (χ4v) is 1.54. The molecule has 0 atom stereocenters. The van der Waals surface area contributed by atoms with Gasteiger partial charge in [0, 0.05) is 6.04 Å². The summed E-state index contributed by atoms with van der Waals surface area (Å²) in [6.45, 7) is 14.3. The van der Waals surface area contributed by atoms with Crippen molar-refractivity contribution in [3.63, 3.8) is 0 Å². The predicted octanol–water partition coefficient (Wildman–Crippen LogP) is 3.13. The highest BCUT2D eigenvalue weighted by Crippen LogP contribution is 2.08. The number of hydrogen-bond acceptors (Lipinski definition) is 2. The number of piperidine rings is 1. The van der Waals surface area contributed by atoms with Crippen LogP contribution in [0.2, 0.25) is 0 Å². The maximum atomic E-state index is 3.32. The van der Waals surface area contributed by atoms with E-state index in [4.69, 9.17) is 0 Å². The van der Waals surface area contributed by atoms with Crippen molar-refractivity contribution in [2.75, 3.05) is 26.7 Å². The zero-order valence-corrected chi connectivity index (χ0v) is 11.8. The van der Waals surface area contributed by atoms with Gasteiger partial charge in [0.1, 0.15) is 0 Å². The van der Waals surface area contributed by atoms with Gasteiger partial charge in [-0.2, -0.15) is 0 Å². The zero-order valence-electron chi connectivity index (χ0n) is 11.8. The third kappa shape index (κ3) is 10.2. The van der Waals surface area contributed by atoms with Gasteiger partial charge < -0.3 is 10.2 Å². The van der Waals surface area contributed by atoms with Crippen molar-refractivity contribution >= 4 is 0 Å². The molecule has 0 radical (unpaired) electrons. The van der Waals surface area contributed by atoms with Gasteiger partial charge in [0.25, 0.3) is 0 Å². The van der Waals surface area contributed by atoms with Crippen LogP contribution in [0.3, 0.4) is 0 Å². The van der Waals surface area contributed by atoms with Crippen molar-refractivity contribution in [2.45, 2.75) is 59.9 Å². The van der Waals surface area contributed by atoms with Crippen LogP contribution in [-0.4, -0.2) is 37.6 Å². The molecule has 1 heterocycles. The molecule has 0 saturated carbocycles. The summed E-state index contributed by atoms with van der Waals surface area (Å²) in [5.74, 6) is 0. The van der Waals surface area contributed by atoms with E-state index in [1.54, 1.807) is 0 Å². The van der Waals surface area contributed by atoms with Gasteiger partial charge in [0.05, 0.1) is 0 Å². The second-order valence-electron chi connectivity index (χ2n) is 3.70. The minimum absolute atomic E-state index is 0.780. The summed E-state index contributed by atoms with van der Waals surface area (Å²) in [7, 11) is 2.06. The molecule has 1 saturated heterocycles. The largest absolute Gasteiger partial charge is 0.317 e. The van der Waals surface area contributed by atoms with Crippen LogP contribution >= 0.6 is 0 Å². The number of hydrogen-bond donors (Lipinski definition) is 1. The van der Waals surface area contributed by atoms with Gasteiger partial charge in [-0.3, -0.25) is 0 Å². The lowest BCUT2D eigenvalue weighted by Crippen LogP contribution is -2.40. The molecule has 0 aromatic heterocycles. The third-order valence-corrected chi connectivity index (χ3v) is 2.44. The average molecular weight is 216 g/mol. The third-order valence-electron chi connectivity index (χ3n) is 2.44. The molecule has 0 aromatic carbocycles. The molecule has 1 aliphatic rings. The van der Waals surface area contributed by atoms with Crippen molar-refractivity contribution in [1.29, 1.82) is 0 Å². The number of nitrogens with one attached hydrogen (secondary N) is 1. The molecule has 0 aliphatic carbocycles. The summed E-state index contributed by atoms with van der Waals surface area (Å²) in [6.07, 6.45) is 3.90. The van der Waals surface area contributed by atoms with Gasteiger partial charge in [-0.15, -0.1) is 0 Å². The monoisotopic (exact) mass is 216 g/mol. The first-order chi connectivity index (χ1) is 7.28. The van der Waals surface area contributed by atoms with E-state index in [-0.39, 0.29) is 0 Å². The van der Waals surface area contributed by atoms with Crippen molar-refractivity contribution in [3.8, 4) is 0 Å². The summed E-state index contributed by atoms with van der Waals surface area (Å²) in [5.41, 5.74) is 0. The van der Waals surface area contributed by atoms with E-state index < -0.39 is 0 Å². The van der Waals surface area contributed by atoms with E-state index in [2.05, 4.69) is 38.0 Å². The number of nitrogens with zero attached hydrogens (tertiary/aromatic N) is 1. The van der Waals surface area contributed by atoms with Crippen molar-refractivity contribution in [3.05, 3.63) is 0 Å². The fraction of sp³-hybridized carbons (Fsp3) is 1.00. The summed E-state index contributed by atoms with van der Waals surface area (Å²) < 4.78 is 0. The van der Waals surface area contributed by atoms with Gasteiger partial charge in [-0.1, -0.05) is 41.0 Å². The maximum absolute atomic E-state index is 3.32. The van der Waals surface area contributed by atoms with Crippen LogP contribution in [0.15, 0.2) is 0 Å². The molecule has 94 valence electrons. The second-order valence-corrected chi connectivity index (χ2v) is 3.70. The maximum Gasteiger partial charge on any atom is 0.00884 e. The summed E-state index contributed by atoms with van der Waals surface area (Å²) >= 11 is 0. The molecular weight excluding hydrogens is 184 g/mol. The van der Waals surface area contributed by atoms with Gasteiger partial charge >= 0.3 is 0 Å². The van der Waals surface area contributed by atoms with Gasteiger partial charge in [0.15, 0.2) is 0 Å². The van der Waals surface area contributed by atoms with Crippen molar-refractivity contribution in [2.24, 2.45) is 0 Å². The molecule has 0 amide bonds. The first-order valence-corrected chi connectivity index (χ1v) is 6.68. The molecule has 1 rings (SSSR count). The van der Waals surface area contributed by atoms with Crippen molar-refractivity contribution in [1.82, 2.24) is 10.2 Å². The normalized spacial score (nSPS) is 17.2. The minimum Gasteiger partial charge on any atom is -0.317 e. The smallest absolute Gasteiger partial charge is 0.00884 e. The first-order valence-electron chi connectivity index (χ1n) is 6.68. The Balaban J connectivity index is 0. The average Bonchev–Trinajstić information content (AvgIpc) is 2.33. The number of rotatable bonds is 2. The highest BCUT2D eigenvalue weighted by atomic mass is 15.1. The lowest BCUT2D eigenvalue weighted by Gasteiger charge is -2.30. The molecule has 2 nitrogen and oxygen atoms in total. The Bertz CT molecular complexity index is 84.7. The molecule has 1 N–H and O–H groups in total. The van der Waals surface area contributed by atoms with Gasteiger partial charge in [0.2, 0.25) is 0 Å². The molecule has 15 heavy (non-hydrogen) atoms. The van der Waals surface area contributed by atoms with Crippen LogP contribution in [0.5, 0.6) is 0 Å². The Hall–Kier alpha value is -0.0800. The number of likely N-dealkylation sites (tertiary alicyclic amines) is 1. The predicted molar refractivity (Wildman–Crippen MR) is 71.5 cm³/mol. The van der Waals surface area contributed by atoms with Crippen molar-refractivity contribution < 1.29 is 0 Å². The van der Waals surface area contributed by atoms with Gasteiger partial charge in [-0.05, 0) is 39.5 Å². The van der Waals surface area contributed by atoms with E-state index >= 15 is 0 Å². The molecular formula is C13H32N2. The summed E-state index contributed by atoms with van der Waals surface area (Å²) in [4.78, 5) is 2.51. The summed E-state index contributed by atoms with van der Waals surface area (Å²) in [5, 5.41) is 3.32. The Kier molecular flexibility index (Phi) is 16.1. The van der Waals surface area contributed by atoms with Crippen LogP contribution in [-0.2, 0) is 0 Å². The first kappa shape index (κ1) is 17.3. The molecule has 0 bridgehead atoms. The molecule has 0 spiro atoms. The van der Waals surface area contributed by atoms with Crippen LogP contribution in [0.25, 0.3) is 0 Å². The standard InChI is InChI=1S/C8H18N2.C3H8.C2H6/c1-3-10-6-4-8(9-2)5-7-10;1-3-2;1-2/h8-9H,3-7H2,1-2H3;3H2,1-2H3;1-2H3. The van der Waals surface area contributed by atoms with E-state index in [1.165, 1.54) is 38.9 Å². The van der Waals surface area contributed by atoms with E-state index in [9.17, 15) is 0 Å². The molecule has 2 heteroatoms. The minimum atomic E-state index is 0.780. The summed E-state index contributed by atoms with van der Waals surface area (Å²) in [6, 6.07) is 0.780. The second kappa shape index (κ2) is 13.9. The van der Waals surface area contributed by atoms with E-state index in [1.807, 2.05) is 13.8 Å². The zero-order chi connectivity index (χ0) is 12.1. The van der Waals surface area contributed by atoms with Crippen LogP contribution in [0.1, 0.15) is 53.9 Å². The lowest BCUT2D eigenvalue weighted by atomic mass is 10.1. The Morgan fingerprint density at radius 2 is 1.47 bits per heavy atom. The van der Waals surface area contributed by atoms with Crippen LogP contribution in [0.4, 0.5) is 0 Å². The fourth-order valence-electron chi connectivity index (χ4n) is 1.54. The van der Waals surface area contributed by atoms with Gasteiger partial charge in [-0.25, -0.2) is 0 Å². The Morgan fingerprint density at radius 3 is 1.73 bits per heavy atom. The highest BCUT2D eigenvalue weighted by molar-refractivity contribution is 4.74. The van der Waals surface area contributed by atoms with E-state index in [0.29, 0.717) is 0 Å². The van der Waals surface area contributed by atoms with Crippen LogP contribution < -0.4 is 5.32 Å². The molecule has 1 aliphatic heterocycles. The molecule has 0 aromatic rings. The topological polar surface area (TPSA) is 15.3 Å². The highest BCUT2D eigenvalue weighted by Gasteiger charge is 2.15. The lowest BCUT2D eigenvalue weighted by molar-refractivity contribution is 0.211. The SMILES string of the molecule is CC.CCC.CCN1CCC(NC)CC1. The van der Waals surface area contributed by atoms with E-state index in [0.717, 1.165) is 6.04 Å². The molecule has 0 unspecified atom stereocenters. The Labute approximate surface area is 97.4 Å².